The molecule has 1 aliphatic carbocycles. The summed E-state index contributed by atoms with van der Waals surface area (Å²) in [6.45, 7) is 5.02. The van der Waals surface area contributed by atoms with E-state index >= 15 is 0 Å². The van der Waals surface area contributed by atoms with Gasteiger partial charge >= 0.3 is 0 Å². The summed E-state index contributed by atoms with van der Waals surface area (Å²) >= 11 is 0. The van der Waals surface area contributed by atoms with E-state index in [-0.39, 0.29) is 23.0 Å². The van der Waals surface area contributed by atoms with Gasteiger partial charge in [0.1, 0.15) is 0 Å². The van der Waals surface area contributed by atoms with Gasteiger partial charge in [-0.3, -0.25) is 4.79 Å². The third-order valence-corrected chi connectivity index (χ3v) is 7.10. The molecule has 0 saturated carbocycles. The highest BCUT2D eigenvalue weighted by Crippen LogP contribution is 2.22. The van der Waals surface area contributed by atoms with Gasteiger partial charge in [0.2, 0.25) is 10.0 Å². The summed E-state index contributed by atoms with van der Waals surface area (Å²) in [6.07, 6.45) is 7.64. The molecule has 1 fully saturated rings. The molecule has 3 rings (SSSR count). The van der Waals surface area contributed by atoms with Gasteiger partial charge in [0.15, 0.2) is 0 Å². The molecule has 1 aliphatic heterocycles. The average molecular weight is 407 g/mol. The minimum atomic E-state index is -3.59. The normalized spacial score (nSPS) is 23.9. The summed E-state index contributed by atoms with van der Waals surface area (Å²) in [4.78, 5) is 12.5. The summed E-state index contributed by atoms with van der Waals surface area (Å²) < 4.78 is 32.8. The van der Waals surface area contributed by atoms with Crippen molar-refractivity contribution in [2.24, 2.45) is 0 Å². The second-order valence-electron chi connectivity index (χ2n) is 7.72. The average Bonchev–Trinajstić information content (AvgIpc) is 2.68. The van der Waals surface area contributed by atoms with Crippen LogP contribution in [0.4, 0.5) is 0 Å². The number of nitrogens with one attached hydrogen (secondary N) is 1. The highest BCUT2D eigenvalue weighted by molar-refractivity contribution is 7.89. The van der Waals surface area contributed by atoms with Crippen molar-refractivity contribution in [2.45, 2.75) is 63.1 Å². The zero-order chi connectivity index (χ0) is 20.1. The standard InChI is InChI=1S/C21H30N2O4S/c1-16-14-23(15-17(2)27-16)28(25,26)20-10-8-19(9-11-20)21(24)22-13-12-18-6-4-3-5-7-18/h6,8-11,16-17H,3-5,7,12-15H2,1-2H3,(H,22,24). The van der Waals surface area contributed by atoms with Crippen LogP contribution in [0.5, 0.6) is 0 Å². The van der Waals surface area contributed by atoms with Crippen molar-refractivity contribution in [2.75, 3.05) is 19.6 Å². The van der Waals surface area contributed by atoms with Crippen LogP contribution >= 0.6 is 0 Å². The Bertz CT molecular complexity index is 807. The number of amides is 1. The molecule has 1 heterocycles. The van der Waals surface area contributed by atoms with Crippen LogP contribution in [0.25, 0.3) is 0 Å². The molecule has 154 valence electrons. The molecule has 2 aliphatic rings. The van der Waals surface area contributed by atoms with Crippen LogP contribution in [0.1, 0.15) is 56.3 Å². The SMILES string of the molecule is CC1CN(S(=O)(=O)c2ccc(C(=O)NCCC3=CCCCC3)cc2)CC(C)O1. The molecule has 7 heteroatoms. The fraction of sp³-hybridized carbons (Fsp3) is 0.571. The number of allylic oxidation sites excluding steroid dienone is 1. The van der Waals surface area contributed by atoms with E-state index in [2.05, 4.69) is 11.4 Å². The van der Waals surface area contributed by atoms with Crippen molar-refractivity contribution in [1.82, 2.24) is 9.62 Å². The number of sulfonamides is 1. The van der Waals surface area contributed by atoms with Crippen molar-refractivity contribution < 1.29 is 17.9 Å². The second kappa shape index (κ2) is 9.20. The van der Waals surface area contributed by atoms with E-state index in [0.717, 1.165) is 19.3 Å². The maximum atomic E-state index is 12.9. The molecule has 1 aromatic rings. The number of benzene rings is 1. The van der Waals surface area contributed by atoms with Crippen LogP contribution in [-0.4, -0.2) is 50.5 Å². The third-order valence-electron chi connectivity index (χ3n) is 5.26. The molecule has 6 nitrogen and oxygen atoms in total. The molecule has 0 aromatic heterocycles. The van der Waals surface area contributed by atoms with Crippen LogP contribution < -0.4 is 5.32 Å². The Morgan fingerprint density at radius 1 is 1.14 bits per heavy atom. The van der Waals surface area contributed by atoms with Crippen molar-refractivity contribution in [3.8, 4) is 0 Å². The molecule has 1 aromatic carbocycles. The largest absolute Gasteiger partial charge is 0.373 e. The van der Waals surface area contributed by atoms with Gasteiger partial charge in [-0.1, -0.05) is 11.6 Å². The Kier molecular flexibility index (Phi) is 6.91. The minimum absolute atomic E-state index is 0.136. The number of morpholine rings is 1. The predicted molar refractivity (Wildman–Crippen MR) is 109 cm³/mol. The summed E-state index contributed by atoms with van der Waals surface area (Å²) in [7, 11) is -3.59. The summed E-state index contributed by atoms with van der Waals surface area (Å²) in [6, 6.07) is 6.18. The third kappa shape index (κ3) is 5.21. The van der Waals surface area contributed by atoms with Gasteiger partial charge in [-0.25, -0.2) is 8.42 Å². The van der Waals surface area contributed by atoms with E-state index in [4.69, 9.17) is 4.74 Å². The zero-order valence-corrected chi connectivity index (χ0v) is 17.5. The Balaban J connectivity index is 1.59. The maximum Gasteiger partial charge on any atom is 0.251 e. The van der Waals surface area contributed by atoms with Crippen LogP contribution in [0.3, 0.4) is 0 Å². The van der Waals surface area contributed by atoms with E-state index in [0.29, 0.717) is 25.2 Å². The van der Waals surface area contributed by atoms with Gasteiger partial charge in [0.05, 0.1) is 17.1 Å². The molecule has 28 heavy (non-hydrogen) atoms. The number of nitrogens with zero attached hydrogens (tertiary/aromatic N) is 1. The number of carbonyl (C=O) groups excluding carboxylic acids is 1. The first-order chi connectivity index (χ1) is 13.4. The molecule has 1 N–H and O–H groups in total. The van der Waals surface area contributed by atoms with Gasteiger partial charge < -0.3 is 10.1 Å². The highest BCUT2D eigenvalue weighted by atomic mass is 32.2. The molecule has 0 bridgehead atoms. The lowest BCUT2D eigenvalue weighted by molar-refractivity contribution is -0.0440. The molecule has 1 amide bonds. The number of carbonyl (C=O) groups is 1. The smallest absolute Gasteiger partial charge is 0.251 e. The summed E-state index contributed by atoms with van der Waals surface area (Å²) in [5, 5.41) is 2.92. The zero-order valence-electron chi connectivity index (χ0n) is 16.7. The lowest BCUT2D eigenvalue weighted by Gasteiger charge is -2.34. The predicted octanol–water partition coefficient (Wildman–Crippen LogP) is 3.10. The quantitative estimate of drug-likeness (QED) is 0.737. The number of hydrogen-bond donors (Lipinski definition) is 1. The number of ether oxygens (including phenoxy) is 1. The molecule has 0 spiro atoms. The van der Waals surface area contributed by atoms with Gasteiger partial charge in [0.25, 0.3) is 5.91 Å². The molecular weight excluding hydrogens is 376 g/mol. The molecule has 0 radical (unpaired) electrons. The number of hydrogen-bond acceptors (Lipinski definition) is 4. The van der Waals surface area contributed by atoms with E-state index < -0.39 is 10.0 Å². The number of rotatable bonds is 6. The fourth-order valence-electron chi connectivity index (χ4n) is 3.82. The highest BCUT2D eigenvalue weighted by Gasteiger charge is 2.32. The lowest BCUT2D eigenvalue weighted by Crippen LogP contribution is -2.48. The Labute approximate surface area is 168 Å². The Hall–Kier alpha value is -1.70. The first-order valence-electron chi connectivity index (χ1n) is 10.1. The molecule has 2 atom stereocenters. The maximum absolute atomic E-state index is 12.9. The van der Waals surface area contributed by atoms with E-state index in [1.165, 1.54) is 34.9 Å². The second-order valence-corrected chi connectivity index (χ2v) is 9.66. The van der Waals surface area contributed by atoms with Crippen LogP contribution in [0, 0.1) is 0 Å². The van der Waals surface area contributed by atoms with Gasteiger partial charge in [-0.15, -0.1) is 0 Å². The summed E-state index contributed by atoms with van der Waals surface area (Å²) in [5.41, 5.74) is 1.89. The topological polar surface area (TPSA) is 75.7 Å². The lowest BCUT2D eigenvalue weighted by atomic mass is 9.97. The van der Waals surface area contributed by atoms with Crippen LogP contribution in [0.2, 0.25) is 0 Å². The first-order valence-corrected chi connectivity index (χ1v) is 11.5. The van der Waals surface area contributed by atoms with Crippen molar-refractivity contribution in [3.05, 3.63) is 41.5 Å². The van der Waals surface area contributed by atoms with Crippen molar-refractivity contribution in [1.29, 1.82) is 0 Å². The van der Waals surface area contributed by atoms with Crippen molar-refractivity contribution >= 4 is 15.9 Å². The van der Waals surface area contributed by atoms with Crippen LogP contribution in [0.15, 0.2) is 40.8 Å². The van der Waals surface area contributed by atoms with Gasteiger partial charge in [-0.2, -0.15) is 4.31 Å². The summed E-state index contributed by atoms with van der Waals surface area (Å²) in [5.74, 6) is -0.172. The Morgan fingerprint density at radius 3 is 2.43 bits per heavy atom. The van der Waals surface area contributed by atoms with Crippen molar-refractivity contribution in [3.63, 3.8) is 0 Å². The van der Waals surface area contributed by atoms with E-state index in [1.54, 1.807) is 12.1 Å². The Morgan fingerprint density at radius 2 is 1.82 bits per heavy atom. The first kappa shape index (κ1) is 21.0. The molecule has 1 saturated heterocycles. The monoisotopic (exact) mass is 406 g/mol. The molecular formula is C21H30N2O4S. The minimum Gasteiger partial charge on any atom is -0.373 e. The molecule has 2 unspecified atom stereocenters. The fourth-order valence-corrected chi connectivity index (χ4v) is 5.42. The van der Waals surface area contributed by atoms with Crippen LogP contribution in [-0.2, 0) is 14.8 Å². The van der Waals surface area contributed by atoms with Gasteiger partial charge in [0, 0.05) is 25.2 Å². The van der Waals surface area contributed by atoms with E-state index in [9.17, 15) is 13.2 Å². The van der Waals surface area contributed by atoms with Gasteiger partial charge in [-0.05, 0) is 70.2 Å². The van der Waals surface area contributed by atoms with E-state index in [1.807, 2.05) is 13.8 Å².